The molecule has 148 valence electrons. The van der Waals surface area contributed by atoms with E-state index in [1.54, 1.807) is 0 Å². The molecule has 0 bridgehead atoms. The highest BCUT2D eigenvalue weighted by molar-refractivity contribution is 5.94. The fourth-order valence-corrected chi connectivity index (χ4v) is 3.33. The Kier molecular flexibility index (Phi) is 6.10. The van der Waals surface area contributed by atoms with E-state index in [9.17, 15) is 0 Å². The van der Waals surface area contributed by atoms with Gasteiger partial charge in [-0.05, 0) is 30.5 Å². The van der Waals surface area contributed by atoms with Crippen molar-refractivity contribution in [1.29, 1.82) is 5.26 Å². The number of benzene rings is 1. The van der Waals surface area contributed by atoms with E-state index in [-0.39, 0.29) is 5.69 Å². The van der Waals surface area contributed by atoms with Crippen LogP contribution >= 0.6 is 0 Å². The summed E-state index contributed by atoms with van der Waals surface area (Å²) in [6.45, 7) is 5.73. The smallest absolute Gasteiger partial charge is 0.158 e. The number of ether oxygens (including phenoxy) is 1. The number of morpholine rings is 1. The standard InChI is InChI=1S/C21H23N7O/c22-12-17-13-25-21(15-24-17)27-20-11-16-3-1-4-19(18(16)14-26-20)23-5-2-6-28-7-9-29-10-8-28/h1,3-4,11,13-15,23H,2,5-10H2,(H,25,26,27). The van der Waals surface area contributed by atoms with E-state index in [2.05, 4.69) is 42.6 Å². The summed E-state index contributed by atoms with van der Waals surface area (Å²) in [5.74, 6) is 1.23. The lowest BCUT2D eigenvalue weighted by molar-refractivity contribution is 0.0378. The Hall–Kier alpha value is -3.28. The first kappa shape index (κ1) is 19.1. The summed E-state index contributed by atoms with van der Waals surface area (Å²) in [4.78, 5) is 15.1. The molecule has 1 aromatic carbocycles. The molecule has 3 aromatic rings. The first-order chi connectivity index (χ1) is 14.3. The number of hydrogen-bond acceptors (Lipinski definition) is 8. The molecule has 2 aromatic heterocycles. The van der Waals surface area contributed by atoms with Crippen molar-refractivity contribution < 1.29 is 4.74 Å². The molecule has 8 nitrogen and oxygen atoms in total. The molecule has 0 spiro atoms. The van der Waals surface area contributed by atoms with Gasteiger partial charge in [-0.1, -0.05) is 12.1 Å². The predicted molar refractivity (Wildman–Crippen MR) is 112 cm³/mol. The van der Waals surface area contributed by atoms with E-state index in [4.69, 9.17) is 10.00 Å². The summed E-state index contributed by atoms with van der Waals surface area (Å²) in [6.07, 6.45) is 5.90. The lowest BCUT2D eigenvalue weighted by atomic mass is 10.1. The highest BCUT2D eigenvalue weighted by atomic mass is 16.5. The molecule has 1 aliphatic heterocycles. The van der Waals surface area contributed by atoms with Gasteiger partial charge in [-0.25, -0.2) is 15.0 Å². The van der Waals surface area contributed by atoms with Crippen molar-refractivity contribution in [3.63, 3.8) is 0 Å². The lowest BCUT2D eigenvalue weighted by Gasteiger charge is -2.26. The molecule has 8 heteroatoms. The molecular formula is C21H23N7O. The van der Waals surface area contributed by atoms with Gasteiger partial charge in [0.05, 0.1) is 25.6 Å². The van der Waals surface area contributed by atoms with E-state index < -0.39 is 0 Å². The average molecular weight is 389 g/mol. The van der Waals surface area contributed by atoms with Crippen LogP contribution in [0.1, 0.15) is 12.1 Å². The second-order valence-corrected chi connectivity index (χ2v) is 6.85. The summed E-state index contributed by atoms with van der Waals surface area (Å²) >= 11 is 0. The van der Waals surface area contributed by atoms with Gasteiger partial charge in [-0.2, -0.15) is 5.26 Å². The predicted octanol–water partition coefficient (Wildman–Crippen LogP) is 2.77. The first-order valence-corrected chi connectivity index (χ1v) is 9.74. The lowest BCUT2D eigenvalue weighted by Crippen LogP contribution is -2.37. The Balaban J connectivity index is 1.38. The van der Waals surface area contributed by atoms with Crippen LogP contribution in [0.5, 0.6) is 0 Å². The highest BCUT2D eigenvalue weighted by Gasteiger charge is 2.09. The number of hydrogen-bond donors (Lipinski definition) is 2. The quantitative estimate of drug-likeness (QED) is 0.595. The molecule has 1 fully saturated rings. The van der Waals surface area contributed by atoms with Gasteiger partial charge in [-0.15, -0.1) is 0 Å². The molecule has 1 saturated heterocycles. The molecule has 0 saturated carbocycles. The Labute approximate surface area is 169 Å². The maximum Gasteiger partial charge on any atom is 0.158 e. The van der Waals surface area contributed by atoms with Crippen molar-refractivity contribution in [2.45, 2.75) is 6.42 Å². The summed E-state index contributed by atoms with van der Waals surface area (Å²) in [7, 11) is 0. The third-order valence-electron chi connectivity index (χ3n) is 4.86. The Morgan fingerprint density at radius 1 is 1.07 bits per heavy atom. The molecule has 3 heterocycles. The van der Waals surface area contributed by atoms with E-state index >= 15 is 0 Å². The van der Waals surface area contributed by atoms with Crippen molar-refractivity contribution in [3.8, 4) is 6.07 Å². The summed E-state index contributed by atoms with van der Waals surface area (Å²) in [6, 6.07) is 10.1. The van der Waals surface area contributed by atoms with Crippen LogP contribution in [0, 0.1) is 11.3 Å². The van der Waals surface area contributed by atoms with Gasteiger partial charge in [-0.3, -0.25) is 4.90 Å². The minimum Gasteiger partial charge on any atom is -0.384 e. The van der Waals surface area contributed by atoms with Crippen LogP contribution in [0.2, 0.25) is 0 Å². The number of fused-ring (bicyclic) bond motifs is 1. The zero-order chi connectivity index (χ0) is 19.9. The molecular weight excluding hydrogens is 366 g/mol. The zero-order valence-electron chi connectivity index (χ0n) is 16.1. The van der Waals surface area contributed by atoms with Gasteiger partial charge in [0.2, 0.25) is 0 Å². The molecule has 0 aliphatic carbocycles. The van der Waals surface area contributed by atoms with Gasteiger partial charge in [0, 0.05) is 36.9 Å². The van der Waals surface area contributed by atoms with Gasteiger partial charge >= 0.3 is 0 Å². The fourth-order valence-electron chi connectivity index (χ4n) is 3.33. The van der Waals surface area contributed by atoms with Crippen molar-refractivity contribution in [2.24, 2.45) is 0 Å². The number of anilines is 3. The van der Waals surface area contributed by atoms with Gasteiger partial charge in [0.1, 0.15) is 17.7 Å². The molecule has 0 radical (unpaired) electrons. The Morgan fingerprint density at radius 2 is 1.93 bits per heavy atom. The number of pyridine rings is 1. The van der Waals surface area contributed by atoms with Crippen LogP contribution in [0.4, 0.5) is 17.3 Å². The molecule has 0 amide bonds. The van der Waals surface area contributed by atoms with E-state index in [0.717, 1.165) is 62.3 Å². The molecule has 2 N–H and O–H groups in total. The molecule has 1 aliphatic rings. The maximum atomic E-state index is 8.81. The van der Waals surface area contributed by atoms with E-state index in [1.807, 2.05) is 24.4 Å². The minimum atomic E-state index is 0.284. The number of rotatable bonds is 7. The van der Waals surface area contributed by atoms with Crippen molar-refractivity contribution in [2.75, 3.05) is 50.0 Å². The summed E-state index contributed by atoms with van der Waals surface area (Å²) in [5, 5.41) is 17.6. The van der Waals surface area contributed by atoms with Crippen molar-refractivity contribution in [1.82, 2.24) is 19.9 Å². The number of nitriles is 1. The first-order valence-electron chi connectivity index (χ1n) is 9.74. The van der Waals surface area contributed by atoms with E-state index in [0.29, 0.717) is 11.6 Å². The third kappa shape index (κ3) is 4.96. The maximum absolute atomic E-state index is 8.81. The Morgan fingerprint density at radius 3 is 2.72 bits per heavy atom. The summed E-state index contributed by atoms with van der Waals surface area (Å²) < 4.78 is 5.39. The second kappa shape index (κ2) is 9.28. The number of nitrogens with one attached hydrogen (secondary N) is 2. The highest BCUT2D eigenvalue weighted by Crippen LogP contribution is 2.25. The van der Waals surface area contributed by atoms with Gasteiger partial charge in [0.15, 0.2) is 5.69 Å². The number of nitrogens with zero attached hydrogens (tertiary/aromatic N) is 5. The van der Waals surface area contributed by atoms with Gasteiger partial charge in [0.25, 0.3) is 0 Å². The third-order valence-corrected chi connectivity index (χ3v) is 4.86. The molecule has 0 unspecified atom stereocenters. The zero-order valence-corrected chi connectivity index (χ0v) is 16.1. The molecule has 4 rings (SSSR count). The number of aromatic nitrogens is 3. The Bertz CT molecular complexity index is 994. The average Bonchev–Trinajstić information content (AvgIpc) is 2.78. The fraction of sp³-hybridized carbons (Fsp3) is 0.333. The topological polar surface area (TPSA) is 99.0 Å². The van der Waals surface area contributed by atoms with E-state index in [1.165, 1.54) is 12.4 Å². The molecule has 0 atom stereocenters. The minimum absolute atomic E-state index is 0.284. The van der Waals surface area contributed by atoms with Crippen LogP contribution in [0.3, 0.4) is 0 Å². The SMILES string of the molecule is N#Cc1cnc(Nc2cc3cccc(NCCCN4CCOCC4)c3cn2)cn1. The van der Waals surface area contributed by atoms with Crippen LogP contribution in [0.25, 0.3) is 10.8 Å². The van der Waals surface area contributed by atoms with Crippen LogP contribution in [-0.4, -0.2) is 59.2 Å². The van der Waals surface area contributed by atoms with Gasteiger partial charge < -0.3 is 15.4 Å². The second-order valence-electron chi connectivity index (χ2n) is 6.85. The summed E-state index contributed by atoms with van der Waals surface area (Å²) in [5.41, 5.74) is 1.37. The molecule has 29 heavy (non-hydrogen) atoms. The van der Waals surface area contributed by atoms with Crippen LogP contribution < -0.4 is 10.6 Å². The normalized spacial score (nSPS) is 14.4. The van der Waals surface area contributed by atoms with Crippen molar-refractivity contribution >= 4 is 28.1 Å². The van der Waals surface area contributed by atoms with Crippen LogP contribution in [0.15, 0.2) is 42.9 Å². The largest absolute Gasteiger partial charge is 0.384 e. The van der Waals surface area contributed by atoms with Crippen LogP contribution in [-0.2, 0) is 4.74 Å². The van der Waals surface area contributed by atoms with Crippen molar-refractivity contribution in [3.05, 3.63) is 48.5 Å². The monoisotopic (exact) mass is 389 g/mol.